The number of nitrogens with one attached hydrogen (secondary N) is 2. The molecule has 0 amide bonds. The fraction of sp³-hybridized carbons (Fsp3) is 0.182. The van der Waals surface area contributed by atoms with Gasteiger partial charge in [0, 0.05) is 7.05 Å². The molecule has 0 saturated heterocycles. The van der Waals surface area contributed by atoms with Crippen LogP contribution in [0.1, 0.15) is 11.1 Å². The van der Waals surface area contributed by atoms with Crippen molar-refractivity contribution in [3.63, 3.8) is 0 Å². The van der Waals surface area contributed by atoms with E-state index in [1.165, 1.54) is 4.57 Å². The van der Waals surface area contributed by atoms with Crippen molar-refractivity contribution in [2.24, 2.45) is 12.1 Å². The summed E-state index contributed by atoms with van der Waals surface area (Å²) < 4.78 is 8.71. The number of aromatic nitrogens is 4. The van der Waals surface area contributed by atoms with Crippen LogP contribution in [0.3, 0.4) is 0 Å². The molecule has 0 unspecified atom stereocenters. The third-order valence-electron chi connectivity index (χ3n) is 4.79. The molecule has 158 valence electrons. The van der Waals surface area contributed by atoms with Crippen LogP contribution in [0.4, 0.5) is 5.95 Å². The van der Waals surface area contributed by atoms with Gasteiger partial charge in [0.25, 0.3) is 5.56 Å². The molecule has 0 aliphatic rings. The number of H-pyrrole nitrogens is 1. The molecule has 9 heteroatoms. The number of benzene rings is 2. The summed E-state index contributed by atoms with van der Waals surface area (Å²) in [6.45, 7) is 2.64. The van der Waals surface area contributed by atoms with Crippen molar-refractivity contribution in [1.82, 2.24) is 19.1 Å². The minimum absolute atomic E-state index is 0.265. The van der Waals surface area contributed by atoms with Gasteiger partial charge in [-0.2, -0.15) is 10.1 Å². The predicted octanol–water partition coefficient (Wildman–Crippen LogP) is 2.26. The van der Waals surface area contributed by atoms with Crippen LogP contribution >= 0.6 is 0 Å². The number of hydrazone groups is 1. The average molecular weight is 418 g/mol. The van der Waals surface area contributed by atoms with E-state index in [0.29, 0.717) is 19.1 Å². The highest BCUT2D eigenvalue weighted by Gasteiger charge is 2.17. The summed E-state index contributed by atoms with van der Waals surface area (Å²) in [5, 5.41) is 4.25. The summed E-state index contributed by atoms with van der Waals surface area (Å²) in [4.78, 5) is 31.2. The second kappa shape index (κ2) is 8.70. The van der Waals surface area contributed by atoms with Crippen LogP contribution in [0.2, 0.25) is 0 Å². The summed E-state index contributed by atoms with van der Waals surface area (Å²) in [6, 6.07) is 17.3. The predicted molar refractivity (Wildman–Crippen MR) is 120 cm³/mol. The molecule has 9 nitrogen and oxygen atoms in total. The Bertz CT molecular complexity index is 1330. The Morgan fingerprint density at radius 1 is 1.13 bits per heavy atom. The Morgan fingerprint density at radius 2 is 1.87 bits per heavy atom. The number of hydrogen-bond acceptors (Lipinski definition) is 6. The van der Waals surface area contributed by atoms with Crippen molar-refractivity contribution < 1.29 is 4.74 Å². The van der Waals surface area contributed by atoms with Gasteiger partial charge in [0.2, 0.25) is 5.95 Å². The lowest BCUT2D eigenvalue weighted by atomic mass is 10.2. The average Bonchev–Trinajstić information content (AvgIpc) is 3.13. The van der Waals surface area contributed by atoms with Crippen LogP contribution in [-0.4, -0.2) is 31.9 Å². The summed E-state index contributed by atoms with van der Waals surface area (Å²) in [5.74, 6) is 1.06. The minimum Gasteiger partial charge on any atom is -0.492 e. The van der Waals surface area contributed by atoms with Crippen LogP contribution in [0.25, 0.3) is 11.2 Å². The first-order chi connectivity index (χ1) is 15.0. The van der Waals surface area contributed by atoms with Gasteiger partial charge in [-0.05, 0) is 24.6 Å². The van der Waals surface area contributed by atoms with Crippen molar-refractivity contribution in [3.05, 3.63) is 86.6 Å². The van der Waals surface area contributed by atoms with Crippen molar-refractivity contribution in [1.29, 1.82) is 0 Å². The fourth-order valence-electron chi connectivity index (χ4n) is 3.13. The van der Waals surface area contributed by atoms with Crippen LogP contribution in [0, 0.1) is 6.92 Å². The third kappa shape index (κ3) is 4.40. The molecule has 0 aliphatic heterocycles. The zero-order valence-corrected chi connectivity index (χ0v) is 17.2. The van der Waals surface area contributed by atoms with Gasteiger partial charge in [0.05, 0.1) is 12.8 Å². The summed E-state index contributed by atoms with van der Waals surface area (Å²) in [6.07, 6.45) is 1.66. The number of anilines is 1. The standard InChI is InChI=1S/C22H22N6O3/c1-15-8-10-16(11-9-15)14-23-26-21-24-19-18(20(29)25-22(30)27(19)2)28(21)12-13-31-17-6-4-3-5-7-17/h3-11,14H,12-13H2,1-2H3,(H,24,26)(H,25,29,30). The number of fused-ring (bicyclic) bond motifs is 1. The second-order valence-corrected chi connectivity index (χ2v) is 7.02. The Morgan fingerprint density at radius 3 is 2.61 bits per heavy atom. The minimum atomic E-state index is -0.530. The number of para-hydroxylation sites is 1. The molecule has 0 fully saturated rings. The van der Waals surface area contributed by atoms with E-state index in [4.69, 9.17) is 4.74 Å². The molecule has 0 aliphatic carbocycles. The lowest BCUT2D eigenvalue weighted by Crippen LogP contribution is -2.29. The summed E-state index contributed by atoms with van der Waals surface area (Å²) in [7, 11) is 1.55. The molecule has 0 bridgehead atoms. The Balaban J connectivity index is 1.64. The largest absolute Gasteiger partial charge is 0.492 e. The second-order valence-electron chi connectivity index (χ2n) is 7.02. The SMILES string of the molecule is Cc1ccc(C=NNc2nc3c(c(=O)[nH]c(=O)n3C)n2CCOc2ccccc2)cc1. The number of hydrogen-bond donors (Lipinski definition) is 2. The zero-order chi connectivity index (χ0) is 21.8. The zero-order valence-electron chi connectivity index (χ0n) is 17.2. The molecule has 4 rings (SSSR count). The van der Waals surface area contributed by atoms with Crippen molar-refractivity contribution >= 4 is 23.3 Å². The smallest absolute Gasteiger partial charge is 0.329 e. The van der Waals surface area contributed by atoms with Crippen molar-refractivity contribution in [2.45, 2.75) is 13.5 Å². The molecule has 2 aromatic carbocycles. The van der Waals surface area contributed by atoms with Gasteiger partial charge < -0.3 is 4.74 Å². The van der Waals surface area contributed by atoms with E-state index in [2.05, 4.69) is 20.5 Å². The van der Waals surface area contributed by atoms with E-state index < -0.39 is 11.2 Å². The number of ether oxygens (including phenoxy) is 1. The molecule has 4 aromatic rings. The van der Waals surface area contributed by atoms with Crippen LogP contribution in [0.5, 0.6) is 5.75 Å². The topological polar surface area (TPSA) is 106 Å². The highest BCUT2D eigenvalue weighted by Crippen LogP contribution is 2.16. The fourth-order valence-corrected chi connectivity index (χ4v) is 3.13. The van der Waals surface area contributed by atoms with Crippen molar-refractivity contribution in [2.75, 3.05) is 12.0 Å². The number of nitrogens with zero attached hydrogens (tertiary/aromatic N) is 4. The molecule has 2 N–H and O–H groups in total. The monoisotopic (exact) mass is 418 g/mol. The maximum absolute atomic E-state index is 12.5. The molecular formula is C22H22N6O3. The van der Waals surface area contributed by atoms with E-state index in [1.807, 2.05) is 61.5 Å². The van der Waals surface area contributed by atoms with E-state index in [-0.39, 0.29) is 11.2 Å². The normalized spacial score (nSPS) is 11.3. The van der Waals surface area contributed by atoms with Gasteiger partial charge in [0.15, 0.2) is 11.2 Å². The van der Waals surface area contributed by atoms with Crippen LogP contribution in [-0.2, 0) is 13.6 Å². The first kappa shape index (κ1) is 20.1. The Kier molecular flexibility index (Phi) is 5.65. The number of imidazole rings is 1. The van der Waals surface area contributed by atoms with Gasteiger partial charge >= 0.3 is 5.69 Å². The van der Waals surface area contributed by atoms with Gasteiger partial charge in [-0.3, -0.25) is 18.9 Å². The molecule has 0 radical (unpaired) electrons. The van der Waals surface area contributed by atoms with Crippen LogP contribution < -0.4 is 21.4 Å². The maximum Gasteiger partial charge on any atom is 0.329 e. The number of aryl methyl sites for hydroxylation is 2. The molecule has 0 saturated carbocycles. The summed E-state index contributed by atoms with van der Waals surface area (Å²) >= 11 is 0. The van der Waals surface area contributed by atoms with Crippen molar-refractivity contribution in [3.8, 4) is 5.75 Å². The summed E-state index contributed by atoms with van der Waals surface area (Å²) in [5.41, 5.74) is 4.45. The van der Waals surface area contributed by atoms with Gasteiger partial charge in [-0.1, -0.05) is 48.0 Å². The number of aromatic amines is 1. The lowest BCUT2D eigenvalue weighted by Gasteiger charge is -2.10. The maximum atomic E-state index is 12.5. The first-order valence-electron chi connectivity index (χ1n) is 9.76. The molecule has 31 heavy (non-hydrogen) atoms. The quantitative estimate of drug-likeness (QED) is 0.354. The van der Waals surface area contributed by atoms with E-state index in [1.54, 1.807) is 17.8 Å². The molecular weight excluding hydrogens is 396 g/mol. The highest BCUT2D eigenvalue weighted by atomic mass is 16.5. The van der Waals surface area contributed by atoms with Gasteiger partial charge in [0.1, 0.15) is 12.4 Å². The Labute approximate surface area is 177 Å². The Hall–Kier alpha value is -4.14. The molecule has 0 atom stereocenters. The molecule has 2 heterocycles. The highest BCUT2D eigenvalue weighted by molar-refractivity contribution is 5.80. The van der Waals surface area contributed by atoms with Gasteiger partial charge in [-0.25, -0.2) is 10.2 Å². The molecule has 2 aromatic heterocycles. The third-order valence-corrected chi connectivity index (χ3v) is 4.79. The van der Waals surface area contributed by atoms with E-state index in [0.717, 1.165) is 16.9 Å². The molecule has 0 spiro atoms. The van der Waals surface area contributed by atoms with E-state index >= 15 is 0 Å². The van der Waals surface area contributed by atoms with E-state index in [9.17, 15) is 9.59 Å². The first-order valence-corrected chi connectivity index (χ1v) is 9.76. The lowest BCUT2D eigenvalue weighted by molar-refractivity contribution is 0.301. The number of rotatable bonds is 7. The van der Waals surface area contributed by atoms with Crippen LogP contribution in [0.15, 0.2) is 69.3 Å². The van der Waals surface area contributed by atoms with Gasteiger partial charge in [-0.15, -0.1) is 0 Å².